The molecule has 5 nitrogen and oxygen atoms in total. The number of methoxy groups -OCH3 is 1. The second kappa shape index (κ2) is 9.10. The number of rotatable bonds is 7. The first kappa shape index (κ1) is 17.1. The van der Waals surface area contributed by atoms with Crippen LogP contribution in [-0.4, -0.2) is 39.3 Å². The first-order valence-corrected chi connectivity index (χ1v) is 7.30. The Morgan fingerprint density at radius 3 is 2.14 bits per heavy atom. The van der Waals surface area contributed by atoms with Crippen LogP contribution in [0.2, 0.25) is 0 Å². The van der Waals surface area contributed by atoms with Crippen LogP contribution < -0.4 is 20.1 Å². The Hall–Kier alpha value is -1.91. The van der Waals surface area contributed by atoms with Crippen molar-refractivity contribution in [3.63, 3.8) is 0 Å². The zero-order valence-corrected chi connectivity index (χ0v) is 13.6. The van der Waals surface area contributed by atoms with Crippen molar-refractivity contribution in [2.45, 2.75) is 26.9 Å². The molecule has 0 aliphatic rings. The molecule has 0 radical (unpaired) electrons. The van der Waals surface area contributed by atoms with Crippen molar-refractivity contribution < 1.29 is 9.47 Å². The smallest absolute Gasteiger partial charge is 0.191 e. The number of guanidine groups is 1. The predicted octanol–water partition coefficient (Wildman–Crippen LogP) is 2.28. The summed E-state index contributed by atoms with van der Waals surface area (Å²) in [6.45, 7) is 7.93. The summed E-state index contributed by atoms with van der Waals surface area (Å²) in [4.78, 5) is 4.18. The first-order chi connectivity index (χ1) is 10.0. The van der Waals surface area contributed by atoms with E-state index in [2.05, 4.69) is 29.5 Å². The Labute approximate surface area is 127 Å². The van der Waals surface area contributed by atoms with Crippen LogP contribution in [0.25, 0.3) is 0 Å². The molecule has 5 heteroatoms. The van der Waals surface area contributed by atoms with Crippen molar-refractivity contribution in [2.24, 2.45) is 10.9 Å². The van der Waals surface area contributed by atoms with Crippen molar-refractivity contribution >= 4 is 5.96 Å². The molecule has 118 valence electrons. The lowest BCUT2D eigenvalue weighted by molar-refractivity contribution is 0.223. The van der Waals surface area contributed by atoms with Gasteiger partial charge in [0.15, 0.2) is 5.96 Å². The molecule has 0 amide bonds. The van der Waals surface area contributed by atoms with Gasteiger partial charge < -0.3 is 20.1 Å². The molecule has 0 bridgehead atoms. The van der Waals surface area contributed by atoms with E-state index < -0.39 is 0 Å². The average Bonchev–Trinajstić information content (AvgIpc) is 2.48. The van der Waals surface area contributed by atoms with E-state index in [-0.39, 0.29) is 6.10 Å². The van der Waals surface area contributed by atoms with Crippen LogP contribution in [0.4, 0.5) is 0 Å². The third kappa shape index (κ3) is 6.88. The molecule has 1 aromatic carbocycles. The summed E-state index contributed by atoms with van der Waals surface area (Å²) in [7, 11) is 3.42. The number of nitrogens with one attached hydrogen (secondary N) is 2. The summed E-state index contributed by atoms with van der Waals surface area (Å²) in [6.07, 6.45) is 0.0380. The maximum absolute atomic E-state index is 5.83. The topological polar surface area (TPSA) is 54.9 Å². The van der Waals surface area contributed by atoms with Gasteiger partial charge in [-0.25, -0.2) is 0 Å². The highest BCUT2D eigenvalue weighted by molar-refractivity contribution is 5.79. The summed E-state index contributed by atoms with van der Waals surface area (Å²) >= 11 is 0. The van der Waals surface area contributed by atoms with Crippen molar-refractivity contribution in [3.05, 3.63) is 24.3 Å². The zero-order chi connectivity index (χ0) is 15.7. The van der Waals surface area contributed by atoms with Crippen LogP contribution in [-0.2, 0) is 0 Å². The van der Waals surface area contributed by atoms with E-state index in [1.54, 1.807) is 14.2 Å². The number of benzene rings is 1. The molecule has 0 aromatic heterocycles. The van der Waals surface area contributed by atoms with Crippen molar-refractivity contribution in [2.75, 3.05) is 27.2 Å². The lowest BCUT2D eigenvalue weighted by Gasteiger charge is -2.18. The lowest BCUT2D eigenvalue weighted by atomic mass is 10.2. The van der Waals surface area contributed by atoms with Gasteiger partial charge in [0, 0.05) is 13.6 Å². The summed E-state index contributed by atoms with van der Waals surface area (Å²) in [5, 5.41) is 6.53. The molecule has 21 heavy (non-hydrogen) atoms. The van der Waals surface area contributed by atoms with Crippen LogP contribution in [0.1, 0.15) is 20.8 Å². The van der Waals surface area contributed by atoms with Gasteiger partial charge in [-0.05, 0) is 37.1 Å². The third-order valence-corrected chi connectivity index (χ3v) is 2.86. The molecule has 2 N–H and O–H groups in total. The minimum Gasteiger partial charge on any atom is -0.497 e. The Morgan fingerprint density at radius 1 is 1.05 bits per heavy atom. The van der Waals surface area contributed by atoms with E-state index in [4.69, 9.17) is 9.47 Å². The minimum atomic E-state index is 0.0380. The number of hydrogen-bond donors (Lipinski definition) is 2. The molecular weight excluding hydrogens is 266 g/mol. The van der Waals surface area contributed by atoms with Crippen LogP contribution in [0.3, 0.4) is 0 Å². The molecular formula is C16H27N3O2. The summed E-state index contributed by atoms with van der Waals surface area (Å²) in [5.41, 5.74) is 0. The third-order valence-electron chi connectivity index (χ3n) is 2.86. The van der Waals surface area contributed by atoms with Gasteiger partial charge in [-0.15, -0.1) is 0 Å². The Morgan fingerprint density at radius 2 is 1.62 bits per heavy atom. The number of nitrogens with zero attached hydrogens (tertiary/aromatic N) is 1. The SMILES string of the molecule is CN=C(NCC(C)C)NCC(C)Oc1ccc(OC)cc1. The monoisotopic (exact) mass is 293 g/mol. The van der Waals surface area contributed by atoms with E-state index in [1.807, 2.05) is 31.2 Å². The first-order valence-electron chi connectivity index (χ1n) is 7.30. The Balaban J connectivity index is 2.36. The van der Waals surface area contributed by atoms with Crippen LogP contribution in [0, 0.1) is 5.92 Å². The molecule has 1 unspecified atom stereocenters. The Bertz CT molecular complexity index is 430. The van der Waals surface area contributed by atoms with E-state index in [1.165, 1.54) is 0 Å². The second-order valence-corrected chi connectivity index (χ2v) is 5.33. The fourth-order valence-electron chi connectivity index (χ4n) is 1.69. The molecule has 0 heterocycles. The highest BCUT2D eigenvalue weighted by atomic mass is 16.5. The maximum atomic E-state index is 5.83. The van der Waals surface area contributed by atoms with Crippen LogP contribution >= 0.6 is 0 Å². The van der Waals surface area contributed by atoms with Gasteiger partial charge in [0.2, 0.25) is 0 Å². The van der Waals surface area contributed by atoms with Crippen molar-refractivity contribution in [1.82, 2.24) is 10.6 Å². The van der Waals surface area contributed by atoms with E-state index in [0.29, 0.717) is 12.5 Å². The van der Waals surface area contributed by atoms with Gasteiger partial charge in [0.25, 0.3) is 0 Å². The molecule has 0 saturated carbocycles. The molecule has 1 atom stereocenters. The van der Waals surface area contributed by atoms with Gasteiger partial charge in [0.05, 0.1) is 13.7 Å². The Kier molecular flexibility index (Phi) is 7.43. The van der Waals surface area contributed by atoms with Crippen molar-refractivity contribution in [3.8, 4) is 11.5 Å². The van der Waals surface area contributed by atoms with Gasteiger partial charge in [-0.3, -0.25) is 4.99 Å². The van der Waals surface area contributed by atoms with Gasteiger partial charge in [0.1, 0.15) is 17.6 Å². The quantitative estimate of drug-likeness (QED) is 0.598. The number of hydrogen-bond acceptors (Lipinski definition) is 3. The van der Waals surface area contributed by atoms with Crippen LogP contribution in [0.15, 0.2) is 29.3 Å². The molecule has 0 spiro atoms. The lowest BCUT2D eigenvalue weighted by Crippen LogP contribution is -2.42. The van der Waals surface area contributed by atoms with Gasteiger partial charge in [-0.2, -0.15) is 0 Å². The summed E-state index contributed by atoms with van der Waals surface area (Å²) in [5.74, 6) is 3.03. The number of aliphatic imine (C=N–C) groups is 1. The van der Waals surface area contributed by atoms with Gasteiger partial charge >= 0.3 is 0 Å². The summed E-state index contributed by atoms with van der Waals surface area (Å²) < 4.78 is 11.0. The largest absolute Gasteiger partial charge is 0.497 e. The number of ether oxygens (including phenoxy) is 2. The zero-order valence-electron chi connectivity index (χ0n) is 13.6. The summed E-state index contributed by atoms with van der Waals surface area (Å²) in [6, 6.07) is 7.58. The average molecular weight is 293 g/mol. The minimum absolute atomic E-state index is 0.0380. The molecule has 1 rings (SSSR count). The molecule has 0 fully saturated rings. The van der Waals surface area contributed by atoms with E-state index in [0.717, 1.165) is 24.0 Å². The molecule has 0 saturated heterocycles. The molecule has 0 aliphatic carbocycles. The standard InChI is InChI=1S/C16H27N3O2/c1-12(2)10-18-16(17-4)19-11-13(3)21-15-8-6-14(20-5)7-9-15/h6-9,12-13H,10-11H2,1-5H3,(H2,17,18,19). The van der Waals surface area contributed by atoms with Gasteiger partial charge in [-0.1, -0.05) is 13.8 Å². The van der Waals surface area contributed by atoms with Crippen molar-refractivity contribution in [1.29, 1.82) is 0 Å². The van der Waals surface area contributed by atoms with E-state index >= 15 is 0 Å². The fourth-order valence-corrected chi connectivity index (χ4v) is 1.69. The fraction of sp³-hybridized carbons (Fsp3) is 0.562. The molecule has 1 aromatic rings. The van der Waals surface area contributed by atoms with Crippen LogP contribution in [0.5, 0.6) is 11.5 Å². The highest BCUT2D eigenvalue weighted by Gasteiger charge is 2.06. The normalized spacial score (nSPS) is 13.0. The second-order valence-electron chi connectivity index (χ2n) is 5.33. The maximum Gasteiger partial charge on any atom is 0.191 e. The predicted molar refractivity (Wildman–Crippen MR) is 87.3 cm³/mol. The molecule has 0 aliphatic heterocycles. The van der Waals surface area contributed by atoms with E-state index in [9.17, 15) is 0 Å². The highest BCUT2D eigenvalue weighted by Crippen LogP contribution is 2.17.